The predicted molar refractivity (Wildman–Crippen MR) is 78.8 cm³/mol. The average molecular weight is 312 g/mol. The van der Waals surface area contributed by atoms with Gasteiger partial charge in [-0.1, -0.05) is 28.1 Å². The van der Waals surface area contributed by atoms with Crippen LogP contribution in [0, 0.1) is 0 Å². The molecule has 1 aromatic rings. The van der Waals surface area contributed by atoms with Gasteiger partial charge < -0.3 is 10.4 Å². The van der Waals surface area contributed by atoms with Crippen molar-refractivity contribution < 1.29 is 5.11 Å². The Morgan fingerprint density at radius 3 is 2.61 bits per heavy atom. The van der Waals surface area contributed by atoms with Gasteiger partial charge in [0.05, 0.1) is 0 Å². The Morgan fingerprint density at radius 2 is 2.00 bits per heavy atom. The van der Waals surface area contributed by atoms with Crippen molar-refractivity contribution in [2.45, 2.75) is 50.6 Å². The van der Waals surface area contributed by atoms with Gasteiger partial charge in [-0.2, -0.15) is 0 Å². The van der Waals surface area contributed by atoms with Gasteiger partial charge in [0.15, 0.2) is 0 Å². The number of benzene rings is 1. The molecule has 0 aromatic heterocycles. The van der Waals surface area contributed by atoms with E-state index in [1.165, 1.54) is 18.4 Å². The average Bonchev–Trinajstić information content (AvgIpc) is 2.32. The molecule has 100 valence electrons. The van der Waals surface area contributed by atoms with E-state index in [1.807, 2.05) is 0 Å². The molecule has 0 radical (unpaired) electrons. The Morgan fingerprint density at radius 1 is 1.33 bits per heavy atom. The van der Waals surface area contributed by atoms with Crippen LogP contribution in [-0.4, -0.2) is 23.8 Å². The number of hydrogen-bond donors (Lipinski definition) is 2. The Labute approximate surface area is 118 Å². The van der Waals surface area contributed by atoms with E-state index in [1.54, 1.807) is 0 Å². The molecule has 0 heterocycles. The third-order valence-electron chi connectivity index (χ3n) is 3.79. The Hall–Kier alpha value is -0.380. The van der Waals surface area contributed by atoms with Gasteiger partial charge in [-0.05, 0) is 56.2 Å². The summed E-state index contributed by atoms with van der Waals surface area (Å²) in [6.07, 6.45) is 4.45. The van der Waals surface area contributed by atoms with Crippen molar-refractivity contribution in [2.75, 3.05) is 6.61 Å². The summed E-state index contributed by atoms with van der Waals surface area (Å²) in [6.45, 7) is 2.51. The zero-order valence-corrected chi connectivity index (χ0v) is 12.5. The highest BCUT2D eigenvalue weighted by atomic mass is 79.9. The maximum Gasteiger partial charge on any atom is 0.0431 e. The number of hydrogen-bond acceptors (Lipinski definition) is 2. The molecule has 1 atom stereocenters. The van der Waals surface area contributed by atoms with E-state index in [0.29, 0.717) is 18.7 Å². The SMILES string of the molecule is CC(CCCO)NC1CC(c2ccc(Br)cc2)C1. The molecule has 1 aliphatic carbocycles. The number of nitrogens with one attached hydrogen (secondary N) is 1. The lowest BCUT2D eigenvalue weighted by Gasteiger charge is -2.38. The lowest BCUT2D eigenvalue weighted by molar-refractivity contribution is 0.244. The van der Waals surface area contributed by atoms with E-state index in [0.717, 1.165) is 23.2 Å². The zero-order valence-electron chi connectivity index (χ0n) is 10.9. The lowest BCUT2D eigenvalue weighted by Crippen LogP contribution is -2.44. The second-order valence-electron chi connectivity index (χ2n) is 5.35. The van der Waals surface area contributed by atoms with E-state index in [4.69, 9.17) is 5.11 Å². The first-order valence-corrected chi connectivity index (χ1v) is 7.60. The topological polar surface area (TPSA) is 32.3 Å². The van der Waals surface area contributed by atoms with Gasteiger partial charge in [-0.15, -0.1) is 0 Å². The number of aliphatic hydroxyl groups excluding tert-OH is 1. The maximum atomic E-state index is 8.80. The fraction of sp³-hybridized carbons (Fsp3) is 0.600. The van der Waals surface area contributed by atoms with E-state index in [-0.39, 0.29) is 0 Å². The molecule has 1 fully saturated rings. The molecule has 1 aromatic carbocycles. The van der Waals surface area contributed by atoms with Crippen LogP contribution >= 0.6 is 15.9 Å². The highest BCUT2D eigenvalue weighted by Gasteiger charge is 2.30. The summed E-state index contributed by atoms with van der Waals surface area (Å²) < 4.78 is 1.15. The molecule has 1 unspecified atom stereocenters. The van der Waals surface area contributed by atoms with Crippen LogP contribution in [0.15, 0.2) is 28.7 Å². The molecule has 0 aliphatic heterocycles. The second kappa shape index (κ2) is 6.69. The van der Waals surface area contributed by atoms with Crippen molar-refractivity contribution in [3.63, 3.8) is 0 Å². The van der Waals surface area contributed by atoms with Crippen LogP contribution in [-0.2, 0) is 0 Å². The van der Waals surface area contributed by atoms with Crippen molar-refractivity contribution in [1.29, 1.82) is 0 Å². The summed E-state index contributed by atoms with van der Waals surface area (Å²) in [5.41, 5.74) is 1.46. The fourth-order valence-electron chi connectivity index (χ4n) is 2.64. The van der Waals surface area contributed by atoms with Crippen LogP contribution in [0.3, 0.4) is 0 Å². The first-order chi connectivity index (χ1) is 8.69. The minimum atomic E-state index is 0.304. The Kier molecular flexibility index (Phi) is 5.22. The summed E-state index contributed by atoms with van der Waals surface area (Å²) >= 11 is 3.47. The van der Waals surface area contributed by atoms with Crippen molar-refractivity contribution in [3.8, 4) is 0 Å². The quantitative estimate of drug-likeness (QED) is 0.843. The molecular weight excluding hydrogens is 290 g/mol. The van der Waals surface area contributed by atoms with Crippen LogP contribution in [0.5, 0.6) is 0 Å². The first-order valence-electron chi connectivity index (χ1n) is 6.81. The normalized spacial score (nSPS) is 24.6. The van der Waals surface area contributed by atoms with Crippen LogP contribution in [0.25, 0.3) is 0 Å². The molecule has 1 saturated carbocycles. The molecule has 0 bridgehead atoms. The monoisotopic (exact) mass is 311 g/mol. The summed E-state index contributed by atoms with van der Waals surface area (Å²) in [5.74, 6) is 0.723. The number of aliphatic hydroxyl groups is 1. The van der Waals surface area contributed by atoms with Crippen molar-refractivity contribution >= 4 is 15.9 Å². The maximum absolute atomic E-state index is 8.80. The molecule has 0 saturated heterocycles. The molecule has 2 N–H and O–H groups in total. The second-order valence-corrected chi connectivity index (χ2v) is 6.27. The van der Waals surface area contributed by atoms with Crippen LogP contribution in [0.4, 0.5) is 0 Å². The third-order valence-corrected chi connectivity index (χ3v) is 4.32. The van der Waals surface area contributed by atoms with Gasteiger partial charge in [0.25, 0.3) is 0 Å². The van der Waals surface area contributed by atoms with Crippen LogP contribution < -0.4 is 5.32 Å². The largest absolute Gasteiger partial charge is 0.396 e. The van der Waals surface area contributed by atoms with Gasteiger partial charge >= 0.3 is 0 Å². The highest BCUT2D eigenvalue weighted by molar-refractivity contribution is 9.10. The summed E-state index contributed by atoms with van der Waals surface area (Å²) in [7, 11) is 0. The molecule has 0 spiro atoms. The van der Waals surface area contributed by atoms with Crippen molar-refractivity contribution in [2.24, 2.45) is 0 Å². The van der Waals surface area contributed by atoms with Gasteiger partial charge in [-0.25, -0.2) is 0 Å². The molecule has 18 heavy (non-hydrogen) atoms. The van der Waals surface area contributed by atoms with Gasteiger partial charge in [0, 0.05) is 23.2 Å². The predicted octanol–water partition coefficient (Wildman–Crippen LogP) is 3.45. The minimum absolute atomic E-state index is 0.304. The Bertz CT molecular complexity index is 359. The molecule has 2 nitrogen and oxygen atoms in total. The smallest absolute Gasteiger partial charge is 0.0431 e. The van der Waals surface area contributed by atoms with Crippen LogP contribution in [0.2, 0.25) is 0 Å². The van der Waals surface area contributed by atoms with E-state index >= 15 is 0 Å². The van der Waals surface area contributed by atoms with E-state index in [2.05, 4.69) is 52.4 Å². The Balaban J connectivity index is 1.72. The molecule has 2 rings (SSSR count). The number of rotatable bonds is 6. The first kappa shape index (κ1) is 14.0. The minimum Gasteiger partial charge on any atom is -0.396 e. The van der Waals surface area contributed by atoms with E-state index in [9.17, 15) is 0 Å². The van der Waals surface area contributed by atoms with Crippen molar-refractivity contribution in [3.05, 3.63) is 34.3 Å². The molecular formula is C15H22BrNO. The van der Waals surface area contributed by atoms with Gasteiger partial charge in [0.1, 0.15) is 0 Å². The zero-order chi connectivity index (χ0) is 13.0. The van der Waals surface area contributed by atoms with Gasteiger partial charge in [0.2, 0.25) is 0 Å². The van der Waals surface area contributed by atoms with Crippen molar-refractivity contribution in [1.82, 2.24) is 5.32 Å². The third kappa shape index (κ3) is 3.81. The van der Waals surface area contributed by atoms with Crippen LogP contribution in [0.1, 0.15) is 44.1 Å². The molecule has 1 aliphatic rings. The lowest BCUT2D eigenvalue weighted by atomic mass is 9.75. The standard InChI is InChI=1S/C15H22BrNO/c1-11(3-2-8-18)17-15-9-13(10-15)12-4-6-14(16)7-5-12/h4-7,11,13,15,17-18H,2-3,8-10H2,1H3. The van der Waals surface area contributed by atoms with Gasteiger partial charge in [-0.3, -0.25) is 0 Å². The number of halogens is 1. The summed E-state index contributed by atoms with van der Waals surface area (Å²) in [5, 5.41) is 12.4. The summed E-state index contributed by atoms with van der Waals surface area (Å²) in [4.78, 5) is 0. The molecule has 3 heteroatoms. The fourth-order valence-corrected chi connectivity index (χ4v) is 2.91. The summed E-state index contributed by atoms with van der Waals surface area (Å²) in [6, 6.07) is 9.88. The van der Waals surface area contributed by atoms with E-state index < -0.39 is 0 Å². The highest BCUT2D eigenvalue weighted by Crippen LogP contribution is 2.37. The molecule has 0 amide bonds.